The van der Waals surface area contributed by atoms with E-state index < -0.39 is 9.84 Å². The maximum Gasteiger partial charge on any atom is 0.260 e. The third-order valence-corrected chi connectivity index (χ3v) is 8.56. The number of nitrogens with one attached hydrogen (secondary N) is 1. The maximum atomic E-state index is 13.3. The molecule has 166 valence electrons. The monoisotopic (exact) mass is 449 g/mol. The van der Waals surface area contributed by atoms with Crippen LogP contribution in [-0.2, 0) is 16.9 Å². The van der Waals surface area contributed by atoms with Crippen molar-refractivity contribution in [1.82, 2.24) is 14.8 Å². The summed E-state index contributed by atoms with van der Waals surface area (Å²) < 4.78 is 27.8. The van der Waals surface area contributed by atoms with Gasteiger partial charge in [0.1, 0.15) is 0 Å². The predicted octanol–water partition coefficient (Wildman–Crippen LogP) is 3.21. The van der Waals surface area contributed by atoms with Gasteiger partial charge in [0, 0.05) is 37.1 Å². The molecule has 3 aliphatic rings. The molecule has 0 saturated carbocycles. The van der Waals surface area contributed by atoms with Crippen LogP contribution in [0.1, 0.15) is 43.0 Å². The lowest BCUT2D eigenvalue weighted by Gasteiger charge is -2.36. The van der Waals surface area contributed by atoms with E-state index in [9.17, 15) is 13.2 Å². The van der Waals surface area contributed by atoms with Crippen LogP contribution < -0.4 is 10.9 Å². The van der Waals surface area contributed by atoms with E-state index in [1.54, 1.807) is 32.3 Å². The first-order valence-electron chi connectivity index (χ1n) is 11.0. The highest BCUT2D eigenvalue weighted by atomic mass is 32.2. The number of sulfone groups is 1. The van der Waals surface area contributed by atoms with Gasteiger partial charge in [0.05, 0.1) is 34.0 Å². The number of pyridine rings is 1. The van der Waals surface area contributed by atoms with Crippen LogP contribution >= 0.6 is 0 Å². The molecule has 1 aromatic heterocycles. The lowest BCUT2D eigenvalue weighted by atomic mass is 9.91. The van der Waals surface area contributed by atoms with Gasteiger partial charge in [-0.2, -0.15) is 0 Å². The lowest BCUT2D eigenvalue weighted by Crippen LogP contribution is -2.39. The van der Waals surface area contributed by atoms with Gasteiger partial charge in [-0.25, -0.2) is 8.42 Å². The number of benzene rings is 1. The van der Waals surface area contributed by atoms with E-state index in [1.165, 1.54) is 10.1 Å². The molecular formula is C25H27N3O3S. The van der Waals surface area contributed by atoms with E-state index in [0.717, 1.165) is 29.8 Å². The van der Waals surface area contributed by atoms with Gasteiger partial charge in [0.15, 0.2) is 9.84 Å². The molecule has 32 heavy (non-hydrogen) atoms. The smallest absolute Gasteiger partial charge is 0.260 e. The average Bonchev–Trinajstić information content (AvgIpc) is 3.10. The van der Waals surface area contributed by atoms with Gasteiger partial charge in [-0.15, -0.1) is 0 Å². The molecule has 1 aliphatic carbocycles. The Morgan fingerprint density at radius 2 is 1.94 bits per heavy atom. The second kappa shape index (κ2) is 7.52. The number of aromatic nitrogens is 1. The molecule has 0 bridgehead atoms. The first-order valence-corrected chi connectivity index (χ1v) is 12.7. The van der Waals surface area contributed by atoms with Gasteiger partial charge in [0.2, 0.25) is 0 Å². The molecule has 0 fully saturated rings. The third kappa shape index (κ3) is 3.06. The fourth-order valence-corrected chi connectivity index (χ4v) is 6.15. The van der Waals surface area contributed by atoms with Crippen molar-refractivity contribution in [2.24, 2.45) is 7.05 Å². The van der Waals surface area contributed by atoms with E-state index >= 15 is 0 Å². The molecule has 6 nitrogen and oxygen atoms in total. The highest BCUT2D eigenvalue weighted by molar-refractivity contribution is 8.00. The molecule has 0 radical (unpaired) electrons. The van der Waals surface area contributed by atoms with Gasteiger partial charge in [0.25, 0.3) is 5.56 Å². The van der Waals surface area contributed by atoms with Crippen LogP contribution in [0.4, 0.5) is 0 Å². The molecule has 1 aromatic carbocycles. The van der Waals surface area contributed by atoms with Gasteiger partial charge < -0.3 is 14.8 Å². The highest BCUT2D eigenvalue weighted by Gasteiger charge is 2.40. The van der Waals surface area contributed by atoms with Crippen LogP contribution in [0.2, 0.25) is 0 Å². The first-order chi connectivity index (χ1) is 15.3. The molecule has 2 aliphatic heterocycles. The van der Waals surface area contributed by atoms with Crippen molar-refractivity contribution in [3.8, 4) is 0 Å². The summed E-state index contributed by atoms with van der Waals surface area (Å²) >= 11 is 0. The topological polar surface area (TPSA) is 71.4 Å². The van der Waals surface area contributed by atoms with Crippen molar-refractivity contribution in [2.45, 2.75) is 32.4 Å². The van der Waals surface area contributed by atoms with E-state index in [0.29, 0.717) is 11.1 Å². The average molecular weight is 450 g/mol. The lowest BCUT2D eigenvalue weighted by molar-refractivity contribution is 0.245. The van der Waals surface area contributed by atoms with Crippen molar-refractivity contribution in [3.05, 3.63) is 93.1 Å². The largest absolute Gasteiger partial charge is 0.384 e. The molecular weight excluding hydrogens is 422 g/mol. The highest BCUT2D eigenvalue weighted by Crippen LogP contribution is 2.45. The minimum absolute atomic E-state index is 0.0214. The molecule has 5 rings (SSSR count). The fourth-order valence-electron chi connectivity index (χ4n) is 5.03. The van der Waals surface area contributed by atoms with Crippen LogP contribution in [0.15, 0.2) is 70.8 Å². The Morgan fingerprint density at radius 1 is 1.19 bits per heavy atom. The Kier molecular flexibility index (Phi) is 4.89. The van der Waals surface area contributed by atoms with Gasteiger partial charge in [-0.3, -0.25) is 4.79 Å². The number of aryl methyl sites for hydroxylation is 1. The summed E-state index contributed by atoms with van der Waals surface area (Å²) in [6, 6.07) is 12.2. The second-order valence-electron chi connectivity index (χ2n) is 8.57. The van der Waals surface area contributed by atoms with Crippen molar-refractivity contribution in [3.63, 3.8) is 0 Å². The third-order valence-electron chi connectivity index (χ3n) is 6.80. The number of allylic oxidation sites excluding steroid dienone is 1. The van der Waals surface area contributed by atoms with Crippen molar-refractivity contribution in [2.75, 3.05) is 12.3 Å². The Morgan fingerprint density at radius 3 is 2.66 bits per heavy atom. The molecule has 7 heteroatoms. The Hall–Kier alpha value is -3.06. The van der Waals surface area contributed by atoms with E-state index in [-0.39, 0.29) is 28.3 Å². The van der Waals surface area contributed by atoms with Crippen LogP contribution in [0, 0.1) is 0 Å². The van der Waals surface area contributed by atoms with Crippen LogP contribution in [0.25, 0.3) is 10.6 Å². The molecule has 2 aromatic rings. The molecule has 0 saturated heterocycles. The molecule has 1 N–H and O–H groups in total. The maximum absolute atomic E-state index is 13.3. The predicted molar refractivity (Wildman–Crippen MR) is 127 cm³/mol. The number of hydrogen-bond donors (Lipinski definition) is 1. The van der Waals surface area contributed by atoms with Crippen LogP contribution in [0.3, 0.4) is 0 Å². The summed E-state index contributed by atoms with van der Waals surface area (Å²) in [5, 5.41) is 3.45. The van der Waals surface area contributed by atoms with E-state index in [2.05, 4.69) is 35.5 Å². The van der Waals surface area contributed by atoms with Crippen molar-refractivity contribution < 1.29 is 8.42 Å². The summed E-state index contributed by atoms with van der Waals surface area (Å²) in [5.41, 5.74) is 4.60. The van der Waals surface area contributed by atoms with Gasteiger partial charge in [-0.1, -0.05) is 37.3 Å². The number of rotatable bonds is 4. The second-order valence-corrected chi connectivity index (χ2v) is 10.8. The van der Waals surface area contributed by atoms with Crippen molar-refractivity contribution in [1.29, 1.82) is 0 Å². The molecule has 0 amide bonds. The summed E-state index contributed by atoms with van der Waals surface area (Å²) in [7, 11) is -1.85. The van der Waals surface area contributed by atoms with Crippen molar-refractivity contribution >= 4 is 20.4 Å². The quantitative estimate of drug-likeness (QED) is 0.776. The van der Waals surface area contributed by atoms with E-state index in [4.69, 9.17) is 0 Å². The minimum Gasteiger partial charge on any atom is -0.384 e. The number of hydrogen-bond acceptors (Lipinski definition) is 5. The van der Waals surface area contributed by atoms with E-state index in [1.807, 2.05) is 18.2 Å². The molecule has 3 heterocycles. The first kappa shape index (κ1) is 20.8. The summed E-state index contributed by atoms with van der Waals surface area (Å²) in [4.78, 5) is 15.8. The van der Waals surface area contributed by atoms with Crippen LogP contribution in [-0.4, -0.2) is 36.2 Å². The summed E-state index contributed by atoms with van der Waals surface area (Å²) in [5.74, 6) is -0.0214. The summed E-state index contributed by atoms with van der Waals surface area (Å²) in [6.45, 7) is 4.53. The SMILES string of the molecule is CCS(=O)(=O)C1=CC2=CN(C(C)c3ccccc3)[C@H]3CCNC(=C23)c2c1ccn(C)c2=O. The fraction of sp³-hybridized carbons (Fsp3) is 0.320. The standard InChI is InChI=1S/C25H27N3O3S/c1-4-32(30,31)21-14-18-15-28(16(2)17-8-6-5-7-9-17)20-10-12-26-24(22(18)20)23-19(21)11-13-27(3)25(23)29/h5-9,11,13-16,20,26H,4,10,12H2,1-3H3/t16?,20-/m0/s1. The zero-order valence-corrected chi connectivity index (χ0v) is 19.3. The van der Waals surface area contributed by atoms with Crippen LogP contribution in [0.5, 0.6) is 0 Å². The minimum atomic E-state index is -3.55. The zero-order chi connectivity index (χ0) is 22.6. The van der Waals surface area contributed by atoms with Gasteiger partial charge >= 0.3 is 0 Å². The molecule has 2 atom stereocenters. The molecule has 0 spiro atoms. The Bertz CT molecular complexity index is 1350. The molecule has 1 unspecified atom stereocenters. The number of fused-ring (bicyclic) bond motifs is 2. The van der Waals surface area contributed by atoms with Gasteiger partial charge in [-0.05, 0) is 36.6 Å². The number of nitrogens with zero attached hydrogens (tertiary/aromatic N) is 2. The Labute approximate surface area is 188 Å². The zero-order valence-electron chi connectivity index (χ0n) is 18.5. The normalized spacial score (nSPS) is 20.6. The summed E-state index contributed by atoms with van der Waals surface area (Å²) in [6.07, 6.45) is 6.37. The Balaban J connectivity index is 1.78.